The van der Waals surface area contributed by atoms with E-state index in [1.807, 2.05) is 0 Å². The largest absolute Gasteiger partial charge is 0.397 e. The van der Waals surface area contributed by atoms with Crippen molar-refractivity contribution in [2.75, 3.05) is 17.6 Å². The van der Waals surface area contributed by atoms with Gasteiger partial charge in [0.15, 0.2) is 0 Å². The molecule has 1 aromatic carbocycles. The Morgan fingerprint density at radius 1 is 1.50 bits per heavy atom. The minimum atomic E-state index is -0.477. The molecule has 94 valence electrons. The van der Waals surface area contributed by atoms with Gasteiger partial charge in [0, 0.05) is 24.9 Å². The number of anilines is 2. The maximum atomic E-state index is 10.5. The number of nitrogens with zero attached hydrogens (tertiary/aromatic N) is 4. The standard InChI is InChI=1S/C10H12N6O2/c11-9-7-8(16(17)18)1-2-10(9)12-3-5-15-6-4-13-14-15/h1-2,4,6-7,12H,3,5,11H2. The minimum absolute atomic E-state index is 0.0191. The molecule has 2 rings (SSSR count). The van der Waals surface area contributed by atoms with Crippen LogP contribution in [0.4, 0.5) is 17.1 Å². The number of nitrogens with one attached hydrogen (secondary N) is 1. The Morgan fingerprint density at radius 2 is 2.33 bits per heavy atom. The lowest BCUT2D eigenvalue weighted by Gasteiger charge is -2.08. The van der Waals surface area contributed by atoms with E-state index in [1.165, 1.54) is 12.1 Å². The molecule has 2 aromatic rings. The van der Waals surface area contributed by atoms with E-state index in [1.54, 1.807) is 23.1 Å². The highest BCUT2D eigenvalue weighted by atomic mass is 16.6. The maximum absolute atomic E-state index is 10.5. The van der Waals surface area contributed by atoms with E-state index in [9.17, 15) is 10.1 Å². The van der Waals surface area contributed by atoms with Gasteiger partial charge in [0.2, 0.25) is 0 Å². The van der Waals surface area contributed by atoms with E-state index in [-0.39, 0.29) is 5.69 Å². The number of nitrogen functional groups attached to an aromatic ring is 1. The summed E-state index contributed by atoms with van der Waals surface area (Å²) in [5.74, 6) is 0. The molecule has 0 saturated heterocycles. The Bertz CT molecular complexity index is 539. The highest BCUT2D eigenvalue weighted by Gasteiger charge is 2.08. The van der Waals surface area contributed by atoms with Gasteiger partial charge in [0.05, 0.1) is 29.0 Å². The van der Waals surface area contributed by atoms with Crippen LogP contribution >= 0.6 is 0 Å². The minimum Gasteiger partial charge on any atom is -0.397 e. The number of hydrogen-bond acceptors (Lipinski definition) is 6. The van der Waals surface area contributed by atoms with Crippen LogP contribution < -0.4 is 11.1 Å². The second kappa shape index (κ2) is 5.13. The van der Waals surface area contributed by atoms with Crippen LogP contribution in [0, 0.1) is 10.1 Å². The molecule has 3 N–H and O–H groups in total. The first-order valence-electron chi connectivity index (χ1n) is 5.28. The zero-order chi connectivity index (χ0) is 13.0. The summed E-state index contributed by atoms with van der Waals surface area (Å²) in [4.78, 5) is 10.1. The first-order chi connectivity index (χ1) is 8.66. The van der Waals surface area contributed by atoms with E-state index in [4.69, 9.17) is 5.73 Å². The van der Waals surface area contributed by atoms with Crippen LogP contribution in [0.25, 0.3) is 0 Å². The lowest BCUT2D eigenvalue weighted by molar-refractivity contribution is -0.384. The monoisotopic (exact) mass is 248 g/mol. The van der Waals surface area contributed by atoms with Crippen LogP contribution in [0.3, 0.4) is 0 Å². The van der Waals surface area contributed by atoms with Gasteiger partial charge in [-0.3, -0.25) is 14.8 Å². The maximum Gasteiger partial charge on any atom is 0.271 e. The molecule has 0 spiro atoms. The lowest BCUT2D eigenvalue weighted by atomic mass is 10.2. The van der Waals surface area contributed by atoms with Gasteiger partial charge in [0.1, 0.15) is 0 Å². The number of hydrogen-bond donors (Lipinski definition) is 2. The zero-order valence-electron chi connectivity index (χ0n) is 9.48. The van der Waals surface area contributed by atoms with Crippen molar-refractivity contribution in [1.82, 2.24) is 15.0 Å². The Morgan fingerprint density at radius 3 is 2.94 bits per heavy atom. The zero-order valence-corrected chi connectivity index (χ0v) is 9.48. The van der Waals surface area contributed by atoms with E-state index >= 15 is 0 Å². The van der Waals surface area contributed by atoms with Gasteiger partial charge in [-0.05, 0) is 6.07 Å². The molecule has 1 aromatic heterocycles. The van der Waals surface area contributed by atoms with Gasteiger partial charge >= 0.3 is 0 Å². The molecule has 8 heteroatoms. The molecule has 0 aliphatic heterocycles. The number of rotatable bonds is 5. The van der Waals surface area contributed by atoms with Crippen LogP contribution in [0.1, 0.15) is 0 Å². The predicted molar refractivity (Wildman–Crippen MR) is 66.0 cm³/mol. The average molecular weight is 248 g/mol. The smallest absolute Gasteiger partial charge is 0.271 e. The molecule has 1 heterocycles. The van der Waals surface area contributed by atoms with E-state index in [0.717, 1.165) is 0 Å². The third-order valence-electron chi connectivity index (χ3n) is 2.37. The summed E-state index contributed by atoms with van der Waals surface area (Å²) in [5.41, 5.74) is 6.71. The Kier molecular flexibility index (Phi) is 3.37. The predicted octanol–water partition coefficient (Wildman–Crippen LogP) is 0.881. The number of nitro groups is 1. The quantitative estimate of drug-likeness (QED) is 0.461. The van der Waals surface area contributed by atoms with Gasteiger partial charge in [-0.1, -0.05) is 5.21 Å². The molecule has 18 heavy (non-hydrogen) atoms. The van der Waals surface area contributed by atoms with E-state index < -0.39 is 4.92 Å². The molecule has 0 saturated carbocycles. The number of non-ortho nitro benzene ring substituents is 1. The topological polar surface area (TPSA) is 112 Å². The Labute approximate surface area is 103 Å². The summed E-state index contributed by atoms with van der Waals surface area (Å²) in [7, 11) is 0. The molecular formula is C10H12N6O2. The molecule has 0 aliphatic carbocycles. The molecule has 0 aliphatic rings. The van der Waals surface area contributed by atoms with Crippen molar-refractivity contribution in [2.24, 2.45) is 0 Å². The highest BCUT2D eigenvalue weighted by molar-refractivity contribution is 5.69. The van der Waals surface area contributed by atoms with Crippen molar-refractivity contribution in [1.29, 1.82) is 0 Å². The lowest BCUT2D eigenvalue weighted by Crippen LogP contribution is -2.12. The van der Waals surface area contributed by atoms with Crippen molar-refractivity contribution < 1.29 is 4.92 Å². The third kappa shape index (κ3) is 2.73. The van der Waals surface area contributed by atoms with E-state index in [2.05, 4.69) is 15.6 Å². The first kappa shape index (κ1) is 11.8. The normalized spacial score (nSPS) is 10.2. The SMILES string of the molecule is Nc1cc([N+](=O)[O-])ccc1NCCn1ccnn1. The molecule has 0 amide bonds. The van der Waals surface area contributed by atoms with Crippen molar-refractivity contribution in [3.8, 4) is 0 Å². The number of aromatic nitrogens is 3. The first-order valence-corrected chi connectivity index (χ1v) is 5.28. The van der Waals surface area contributed by atoms with Gasteiger partial charge in [0.25, 0.3) is 5.69 Å². The second-order valence-electron chi connectivity index (χ2n) is 3.62. The van der Waals surface area contributed by atoms with Gasteiger partial charge in [-0.2, -0.15) is 0 Å². The van der Waals surface area contributed by atoms with Crippen LogP contribution in [0.5, 0.6) is 0 Å². The fraction of sp³-hybridized carbons (Fsp3) is 0.200. The third-order valence-corrected chi connectivity index (χ3v) is 2.37. The van der Waals surface area contributed by atoms with Crippen LogP contribution in [0.15, 0.2) is 30.6 Å². The highest BCUT2D eigenvalue weighted by Crippen LogP contribution is 2.23. The summed E-state index contributed by atoms with van der Waals surface area (Å²) < 4.78 is 1.68. The van der Waals surface area contributed by atoms with Crippen molar-refractivity contribution in [3.05, 3.63) is 40.7 Å². The number of benzene rings is 1. The van der Waals surface area contributed by atoms with Gasteiger partial charge in [-0.25, -0.2) is 0 Å². The van der Waals surface area contributed by atoms with Crippen molar-refractivity contribution in [3.63, 3.8) is 0 Å². The number of nitrogens with two attached hydrogens (primary N) is 1. The molecular weight excluding hydrogens is 236 g/mol. The van der Waals surface area contributed by atoms with Gasteiger partial charge in [-0.15, -0.1) is 5.10 Å². The summed E-state index contributed by atoms with van der Waals surface area (Å²) in [6.45, 7) is 1.24. The Hall–Kier alpha value is -2.64. The summed E-state index contributed by atoms with van der Waals surface area (Å²) in [5, 5.41) is 21.1. The van der Waals surface area contributed by atoms with Crippen LogP contribution in [0.2, 0.25) is 0 Å². The average Bonchev–Trinajstić information content (AvgIpc) is 2.84. The second-order valence-corrected chi connectivity index (χ2v) is 3.62. The summed E-state index contributed by atoms with van der Waals surface area (Å²) in [6.07, 6.45) is 3.35. The molecule has 0 atom stereocenters. The van der Waals surface area contributed by atoms with E-state index in [0.29, 0.717) is 24.5 Å². The number of nitro benzene ring substituents is 1. The Balaban J connectivity index is 1.95. The molecule has 8 nitrogen and oxygen atoms in total. The van der Waals surface area contributed by atoms with Gasteiger partial charge < -0.3 is 11.1 Å². The molecule has 0 fully saturated rings. The molecule has 0 bridgehead atoms. The van der Waals surface area contributed by atoms with Crippen molar-refractivity contribution in [2.45, 2.75) is 6.54 Å². The fourth-order valence-electron chi connectivity index (χ4n) is 1.48. The van der Waals surface area contributed by atoms with Crippen LogP contribution in [-0.4, -0.2) is 26.5 Å². The summed E-state index contributed by atoms with van der Waals surface area (Å²) >= 11 is 0. The summed E-state index contributed by atoms with van der Waals surface area (Å²) in [6, 6.07) is 4.33. The van der Waals surface area contributed by atoms with Crippen LogP contribution in [-0.2, 0) is 6.54 Å². The van der Waals surface area contributed by atoms with Crippen molar-refractivity contribution >= 4 is 17.1 Å². The fourth-order valence-corrected chi connectivity index (χ4v) is 1.48. The molecule has 0 radical (unpaired) electrons. The molecule has 0 unspecified atom stereocenters.